The molecule has 3 rings (SSSR count). The Bertz CT molecular complexity index is 820. The molecule has 2 aliphatic rings. The Labute approximate surface area is 179 Å². The molecule has 1 saturated heterocycles. The van der Waals surface area contributed by atoms with Gasteiger partial charge in [-0.2, -0.15) is 0 Å². The van der Waals surface area contributed by atoms with Crippen molar-refractivity contribution in [1.29, 1.82) is 0 Å². The maximum atomic E-state index is 12.5. The molecule has 9 heteroatoms. The number of carbonyl (C=O) groups is 1. The summed E-state index contributed by atoms with van der Waals surface area (Å²) in [5, 5.41) is 0. The summed E-state index contributed by atoms with van der Waals surface area (Å²) in [6.45, 7) is 2.89. The number of carbonyl (C=O) groups excluding carboxylic acids is 1. The first-order valence-corrected chi connectivity index (χ1v) is 12.2. The zero-order chi connectivity index (χ0) is 21.6. The van der Waals surface area contributed by atoms with E-state index in [1.807, 2.05) is 4.90 Å². The van der Waals surface area contributed by atoms with E-state index in [-0.39, 0.29) is 10.8 Å². The number of nitrogens with one attached hydrogen (secondary N) is 1. The quantitative estimate of drug-likeness (QED) is 0.591. The molecule has 8 nitrogen and oxygen atoms in total. The lowest BCUT2D eigenvalue weighted by atomic mass is 10.0. The molecule has 2 heterocycles. The van der Waals surface area contributed by atoms with Crippen molar-refractivity contribution in [2.75, 3.05) is 46.9 Å². The standard InChI is InChI=1S/C21H33N3O5S/c1-23(2)17-9-12-24(13-10-17)21(25)6-4-3-5-11-22-30(26,27)18-7-8-19-20(16-18)29-15-14-28-19/h7-8,16-17,22H,3-6,9-15H2,1-2H3. The number of likely N-dealkylation sites (tertiary alicyclic amines) is 1. The number of piperidine rings is 1. The van der Waals surface area contributed by atoms with Crippen LogP contribution in [0.15, 0.2) is 23.1 Å². The lowest BCUT2D eigenvalue weighted by molar-refractivity contribution is -0.132. The molecule has 1 aromatic carbocycles. The highest BCUT2D eigenvalue weighted by atomic mass is 32.2. The Hall–Kier alpha value is -1.84. The van der Waals surface area contributed by atoms with Crippen LogP contribution in [-0.2, 0) is 14.8 Å². The van der Waals surface area contributed by atoms with Crippen molar-refractivity contribution in [1.82, 2.24) is 14.5 Å². The predicted octanol–water partition coefficient (Wildman–Crippen LogP) is 1.85. The molecule has 1 fully saturated rings. The number of ether oxygens (including phenoxy) is 2. The molecule has 0 unspecified atom stereocenters. The number of amides is 1. The van der Waals surface area contributed by atoms with Crippen molar-refractivity contribution in [3.63, 3.8) is 0 Å². The Morgan fingerprint density at radius 2 is 1.80 bits per heavy atom. The van der Waals surface area contributed by atoms with Crippen molar-refractivity contribution in [3.05, 3.63) is 18.2 Å². The number of unbranched alkanes of at least 4 members (excludes halogenated alkanes) is 2. The molecular weight excluding hydrogens is 406 g/mol. The first-order valence-electron chi connectivity index (χ1n) is 10.7. The molecule has 1 aromatic rings. The van der Waals surface area contributed by atoms with Gasteiger partial charge in [0.1, 0.15) is 13.2 Å². The molecule has 1 amide bonds. The van der Waals surface area contributed by atoms with Gasteiger partial charge in [-0.05, 0) is 51.9 Å². The lowest BCUT2D eigenvalue weighted by Gasteiger charge is -2.35. The van der Waals surface area contributed by atoms with Gasteiger partial charge in [-0.25, -0.2) is 13.1 Å². The van der Waals surface area contributed by atoms with Gasteiger partial charge < -0.3 is 19.3 Å². The number of hydrogen-bond acceptors (Lipinski definition) is 6. The van der Waals surface area contributed by atoms with Gasteiger partial charge in [0.15, 0.2) is 11.5 Å². The van der Waals surface area contributed by atoms with Crippen LogP contribution in [0.2, 0.25) is 0 Å². The average Bonchev–Trinajstić information content (AvgIpc) is 2.75. The van der Waals surface area contributed by atoms with Gasteiger partial charge in [-0.3, -0.25) is 4.79 Å². The Balaban J connectivity index is 1.33. The summed E-state index contributed by atoms with van der Waals surface area (Å²) in [5.74, 6) is 1.23. The Morgan fingerprint density at radius 3 is 2.50 bits per heavy atom. The molecule has 168 valence electrons. The summed E-state index contributed by atoms with van der Waals surface area (Å²) < 4.78 is 38.4. The van der Waals surface area contributed by atoms with Crippen LogP contribution in [0.1, 0.15) is 38.5 Å². The van der Waals surface area contributed by atoms with Gasteiger partial charge in [0, 0.05) is 38.2 Å². The largest absolute Gasteiger partial charge is 0.486 e. The molecule has 0 bridgehead atoms. The van der Waals surface area contributed by atoms with E-state index in [0.29, 0.717) is 50.1 Å². The van der Waals surface area contributed by atoms with Crippen LogP contribution in [0.4, 0.5) is 0 Å². The van der Waals surface area contributed by atoms with E-state index >= 15 is 0 Å². The number of sulfonamides is 1. The second-order valence-electron chi connectivity index (χ2n) is 8.09. The number of nitrogens with zero attached hydrogens (tertiary/aromatic N) is 2. The maximum Gasteiger partial charge on any atom is 0.240 e. The highest BCUT2D eigenvalue weighted by Gasteiger charge is 2.23. The summed E-state index contributed by atoms with van der Waals surface area (Å²) >= 11 is 0. The summed E-state index contributed by atoms with van der Waals surface area (Å²) in [7, 11) is 0.584. The second-order valence-corrected chi connectivity index (χ2v) is 9.86. The molecule has 0 radical (unpaired) electrons. The molecule has 1 N–H and O–H groups in total. The molecule has 0 aromatic heterocycles. The molecule has 0 saturated carbocycles. The summed E-state index contributed by atoms with van der Waals surface area (Å²) in [6.07, 6.45) is 4.86. The highest BCUT2D eigenvalue weighted by Crippen LogP contribution is 2.32. The fourth-order valence-electron chi connectivity index (χ4n) is 3.85. The number of hydrogen-bond donors (Lipinski definition) is 1. The van der Waals surface area contributed by atoms with E-state index < -0.39 is 10.0 Å². The van der Waals surface area contributed by atoms with E-state index in [4.69, 9.17) is 9.47 Å². The minimum Gasteiger partial charge on any atom is -0.486 e. The van der Waals surface area contributed by atoms with Crippen LogP contribution >= 0.6 is 0 Å². The van der Waals surface area contributed by atoms with Gasteiger partial charge in [-0.15, -0.1) is 0 Å². The van der Waals surface area contributed by atoms with Gasteiger partial charge >= 0.3 is 0 Å². The monoisotopic (exact) mass is 439 g/mol. The van der Waals surface area contributed by atoms with Crippen LogP contribution in [0.5, 0.6) is 11.5 Å². The Morgan fingerprint density at radius 1 is 1.10 bits per heavy atom. The van der Waals surface area contributed by atoms with Crippen molar-refractivity contribution >= 4 is 15.9 Å². The minimum atomic E-state index is -3.59. The molecule has 30 heavy (non-hydrogen) atoms. The minimum absolute atomic E-state index is 0.169. The molecular formula is C21H33N3O5S. The SMILES string of the molecule is CN(C)C1CCN(C(=O)CCCCCNS(=O)(=O)c2ccc3c(c2)OCCO3)CC1. The summed E-state index contributed by atoms with van der Waals surface area (Å²) in [5.41, 5.74) is 0. The lowest BCUT2D eigenvalue weighted by Crippen LogP contribution is -2.44. The van der Waals surface area contributed by atoms with Gasteiger partial charge in [-0.1, -0.05) is 6.42 Å². The fourth-order valence-corrected chi connectivity index (χ4v) is 4.94. The van der Waals surface area contributed by atoms with Crippen LogP contribution < -0.4 is 14.2 Å². The normalized spacial score (nSPS) is 17.4. The van der Waals surface area contributed by atoms with Gasteiger partial charge in [0.25, 0.3) is 0 Å². The van der Waals surface area contributed by atoms with Crippen LogP contribution in [-0.4, -0.2) is 77.1 Å². The second kappa shape index (κ2) is 10.5. The topological polar surface area (TPSA) is 88.2 Å². The first-order chi connectivity index (χ1) is 14.4. The zero-order valence-corrected chi connectivity index (χ0v) is 18.7. The molecule has 0 atom stereocenters. The third kappa shape index (κ3) is 6.09. The third-order valence-electron chi connectivity index (χ3n) is 5.73. The number of rotatable bonds is 9. The first kappa shape index (κ1) is 22.8. The Kier molecular flexibility index (Phi) is 7.96. The van der Waals surface area contributed by atoms with Crippen molar-refractivity contribution < 1.29 is 22.7 Å². The van der Waals surface area contributed by atoms with E-state index in [1.54, 1.807) is 6.07 Å². The van der Waals surface area contributed by atoms with E-state index in [0.717, 1.165) is 38.8 Å². The van der Waals surface area contributed by atoms with Crippen molar-refractivity contribution in [3.8, 4) is 11.5 Å². The molecule has 0 aliphatic carbocycles. The highest BCUT2D eigenvalue weighted by molar-refractivity contribution is 7.89. The van der Waals surface area contributed by atoms with Gasteiger partial charge in [0.05, 0.1) is 4.90 Å². The zero-order valence-electron chi connectivity index (χ0n) is 17.9. The van der Waals surface area contributed by atoms with E-state index in [9.17, 15) is 13.2 Å². The summed E-state index contributed by atoms with van der Waals surface area (Å²) in [6, 6.07) is 5.20. The van der Waals surface area contributed by atoms with Crippen molar-refractivity contribution in [2.24, 2.45) is 0 Å². The van der Waals surface area contributed by atoms with Crippen molar-refractivity contribution in [2.45, 2.75) is 49.5 Å². The fraction of sp³-hybridized carbons (Fsp3) is 0.667. The number of fused-ring (bicyclic) bond motifs is 1. The average molecular weight is 440 g/mol. The molecule has 0 spiro atoms. The van der Waals surface area contributed by atoms with Gasteiger partial charge in [0.2, 0.25) is 15.9 Å². The van der Waals surface area contributed by atoms with E-state index in [1.165, 1.54) is 12.1 Å². The van der Waals surface area contributed by atoms with Crippen LogP contribution in [0.25, 0.3) is 0 Å². The smallest absolute Gasteiger partial charge is 0.240 e. The number of benzene rings is 1. The summed E-state index contributed by atoms with van der Waals surface area (Å²) in [4.78, 5) is 16.7. The molecule has 2 aliphatic heterocycles. The predicted molar refractivity (Wildman–Crippen MR) is 114 cm³/mol. The third-order valence-corrected chi connectivity index (χ3v) is 7.19. The maximum absolute atomic E-state index is 12.5. The van der Waals surface area contributed by atoms with Crippen LogP contribution in [0, 0.1) is 0 Å². The van der Waals surface area contributed by atoms with Crippen LogP contribution in [0.3, 0.4) is 0 Å². The van der Waals surface area contributed by atoms with E-state index in [2.05, 4.69) is 23.7 Å².